The largest absolute Gasteiger partial charge is 0.356 e. The van der Waals surface area contributed by atoms with Crippen LogP contribution in [0.2, 0.25) is 0 Å². The van der Waals surface area contributed by atoms with E-state index in [0.29, 0.717) is 44.6 Å². The van der Waals surface area contributed by atoms with Gasteiger partial charge in [0.2, 0.25) is 5.91 Å². The third-order valence-corrected chi connectivity index (χ3v) is 5.49. The molecule has 1 aromatic carbocycles. The Morgan fingerprint density at radius 3 is 2.64 bits per heavy atom. The summed E-state index contributed by atoms with van der Waals surface area (Å²) in [5, 5.41) is 5.79. The van der Waals surface area contributed by atoms with Gasteiger partial charge in [-0.3, -0.25) is 14.5 Å². The predicted octanol–water partition coefficient (Wildman–Crippen LogP) is 2.37. The molecule has 2 N–H and O–H groups in total. The average molecular weight is 386 g/mol. The standard InChI is InChI=1S/C21H30N4O3/c1-2-3-4-10-22-19(26)16-8-12-24(13-9-16)20(27)17-6-5-7-18(15-17)25-14-11-23-21(25)28/h5-7,15-16H,2-4,8-14H2,1H3,(H,22,26)(H,23,28). The van der Waals surface area contributed by atoms with Gasteiger partial charge in [-0.2, -0.15) is 0 Å². The van der Waals surface area contributed by atoms with Crippen LogP contribution in [0, 0.1) is 5.92 Å². The van der Waals surface area contributed by atoms with Crippen LogP contribution in [0.5, 0.6) is 0 Å². The molecular formula is C21H30N4O3. The summed E-state index contributed by atoms with van der Waals surface area (Å²) in [6, 6.07) is 7.09. The number of nitrogens with one attached hydrogen (secondary N) is 2. The van der Waals surface area contributed by atoms with Crippen molar-refractivity contribution in [2.75, 3.05) is 37.6 Å². The van der Waals surface area contributed by atoms with E-state index in [1.807, 2.05) is 17.0 Å². The molecule has 2 saturated heterocycles. The molecular weight excluding hydrogens is 356 g/mol. The van der Waals surface area contributed by atoms with Crippen LogP contribution in [-0.4, -0.2) is 55.5 Å². The minimum atomic E-state index is -0.129. The van der Waals surface area contributed by atoms with Crippen molar-refractivity contribution in [2.45, 2.75) is 39.0 Å². The maximum absolute atomic E-state index is 12.9. The third-order valence-electron chi connectivity index (χ3n) is 5.49. The second-order valence-electron chi connectivity index (χ2n) is 7.50. The summed E-state index contributed by atoms with van der Waals surface area (Å²) < 4.78 is 0. The van der Waals surface area contributed by atoms with E-state index in [9.17, 15) is 14.4 Å². The Hall–Kier alpha value is -2.57. The van der Waals surface area contributed by atoms with Crippen molar-refractivity contribution >= 4 is 23.5 Å². The second kappa shape index (κ2) is 9.57. The van der Waals surface area contributed by atoms with Gasteiger partial charge in [-0.1, -0.05) is 25.8 Å². The Morgan fingerprint density at radius 1 is 1.18 bits per heavy atom. The van der Waals surface area contributed by atoms with Crippen LogP contribution in [-0.2, 0) is 4.79 Å². The van der Waals surface area contributed by atoms with Crippen molar-refractivity contribution in [3.8, 4) is 0 Å². The number of likely N-dealkylation sites (tertiary alicyclic amines) is 1. The van der Waals surface area contributed by atoms with E-state index >= 15 is 0 Å². The van der Waals surface area contributed by atoms with Crippen molar-refractivity contribution in [1.82, 2.24) is 15.5 Å². The topological polar surface area (TPSA) is 81.8 Å². The molecule has 3 rings (SSSR count). The molecule has 7 nitrogen and oxygen atoms in total. The van der Waals surface area contributed by atoms with Gasteiger partial charge in [-0.25, -0.2) is 4.79 Å². The molecule has 2 aliphatic rings. The summed E-state index contributed by atoms with van der Waals surface area (Å²) in [6.45, 7) is 5.27. The Bertz CT molecular complexity index is 713. The lowest BCUT2D eigenvalue weighted by Gasteiger charge is -2.31. The lowest BCUT2D eigenvalue weighted by molar-refractivity contribution is -0.126. The number of hydrogen-bond acceptors (Lipinski definition) is 3. The Labute approximate surface area is 166 Å². The van der Waals surface area contributed by atoms with Gasteiger partial charge >= 0.3 is 6.03 Å². The number of hydrogen-bond donors (Lipinski definition) is 2. The van der Waals surface area contributed by atoms with Crippen LogP contribution < -0.4 is 15.5 Å². The van der Waals surface area contributed by atoms with Gasteiger partial charge in [0.05, 0.1) is 0 Å². The number of urea groups is 1. The first kappa shape index (κ1) is 20.2. The molecule has 1 aromatic rings. The fraction of sp³-hybridized carbons (Fsp3) is 0.571. The SMILES string of the molecule is CCCCCNC(=O)C1CCN(C(=O)c2cccc(N3CCNC3=O)c2)CC1. The van der Waals surface area contributed by atoms with Crippen LogP contribution >= 0.6 is 0 Å². The average Bonchev–Trinajstić information content (AvgIpc) is 3.16. The highest BCUT2D eigenvalue weighted by Crippen LogP contribution is 2.22. The zero-order valence-corrected chi connectivity index (χ0v) is 16.6. The Morgan fingerprint density at radius 2 is 1.96 bits per heavy atom. The molecule has 0 aliphatic carbocycles. The maximum atomic E-state index is 12.9. The summed E-state index contributed by atoms with van der Waals surface area (Å²) in [5.41, 5.74) is 1.32. The zero-order chi connectivity index (χ0) is 19.9. The van der Waals surface area contributed by atoms with Crippen molar-refractivity contribution in [3.63, 3.8) is 0 Å². The normalized spacial score (nSPS) is 17.5. The highest BCUT2D eigenvalue weighted by atomic mass is 16.2. The fourth-order valence-corrected chi connectivity index (χ4v) is 3.78. The number of amides is 4. The number of nitrogens with zero attached hydrogens (tertiary/aromatic N) is 2. The van der Waals surface area contributed by atoms with E-state index in [-0.39, 0.29) is 23.8 Å². The molecule has 0 bridgehead atoms. The molecule has 0 aromatic heterocycles. The van der Waals surface area contributed by atoms with Gasteiger partial charge in [-0.05, 0) is 37.5 Å². The predicted molar refractivity (Wildman–Crippen MR) is 108 cm³/mol. The van der Waals surface area contributed by atoms with E-state index in [2.05, 4.69) is 17.6 Å². The number of anilines is 1. The summed E-state index contributed by atoms with van der Waals surface area (Å²) in [5.74, 6) is 0.0683. The third kappa shape index (κ3) is 4.82. The lowest BCUT2D eigenvalue weighted by Crippen LogP contribution is -2.43. The van der Waals surface area contributed by atoms with Crippen LogP contribution in [0.25, 0.3) is 0 Å². The Balaban J connectivity index is 1.52. The van der Waals surface area contributed by atoms with E-state index in [4.69, 9.17) is 0 Å². The monoisotopic (exact) mass is 386 g/mol. The highest BCUT2D eigenvalue weighted by Gasteiger charge is 2.28. The molecule has 0 atom stereocenters. The first-order valence-corrected chi connectivity index (χ1v) is 10.3. The zero-order valence-electron chi connectivity index (χ0n) is 16.6. The number of unbranched alkanes of at least 4 members (excludes halogenated alkanes) is 2. The minimum absolute atomic E-state index is 0.00898. The molecule has 0 radical (unpaired) electrons. The Kier molecular flexibility index (Phi) is 6.90. The van der Waals surface area contributed by atoms with Gasteiger partial charge < -0.3 is 15.5 Å². The summed E-state index contributed by atoms with van der Waals surface area (Å²) in [7, 11) is 0. The van der Waals surface area contributed by atoms with Crippen molar-refractivity contribution in [1.29, 1.82) is 0 Å². The van der Waals surface area contributed by atoms with E-state index in [1.54, 1.807) is 17.0 Å². The van der Waals surface area contributed by atoms with Gasteiger partial charge in [0, 0.05) is 49.9 Å². The molecule has 4 amide bonds. The molecule has 2 heterocycles. The first-order valence-electron chi connectivity index (χ1n) is 10.3. The number of benzene rings is 1. The minimum Gasteiger partial charge on any atom is -0.356 e. The van der Waals surface area contributed by atoms with Crippen molar-refractivity contribution in [3.05, 3.63) is 29.8 Å². The second-order valence-corrected chi connectivity index (χ2v) is 7.50. The highest BCUT2D eigenvalue weighted by molar-refractivity contribution is 5.98. The van der Waals surface area contributed by atoms with E-state index in [0.717, 1.165) is 31.5 Å². The van der Waals surface area contributed by atoms with E-state index < -0.39 is 0 Å². The number of rotatable bonds is 7. The van der Waals surface area contributed by atoms with Crippen molar-refractivity contribution < 1.29 is 14.4 Å². The number of carbonyl (C=O) groups excluding carboxylic acids is 3. The molecule has 28 heavy (non-hydrogen) atoms. The summed E-state index contributed by atoms with van der Waals surface area (Å²) in [4.78, 5) is 40.5. The number of piperidine rings is 1. The first-order chi connectivity index (χ1) is 13.6. The van der Waals surface area contributed by atoms with Crippen LogP contribution in [0.4, 0.5) is 10.5 Å². The number of carbonyl (C=O) groups is 3. The van der Waals surface area contributed by atoms with Crippen LogP contribution in [0.15, 0.2) is 24.3 Å². The molecule has 2 fully saturated rings. The molecule has 7 heteroatoms. The van der Waals surface area contributed by atoms with Crippen LogP contribution in [0.3, 0.4) is 0 Å². The van der Waals surface area contributed by atoms with Gasteiger partial charge in [0.15, 0.2) is 0 Å². The molecule has 0 unspecified atom stereocenters. The van der Waals surface area contributed by atoms with Gasteiger partial charge in [0.1, 0.15) is 0 Å². The van der Waals surface area contributed by atoms with E-state index in [1.165, 1.54) is 0 Å². The molecule has 0 saturated carbocycles. The smallest absolute Gasteiger partial charge is 0.321 e. The van der Waals surface area contributed by atoms with Gasteiger partial charge in [0.25, 0.3) is 5.91 Å². The van der Waals surface area contributed by atoms with Crippen molar-refractivity contribution in [2.24, 2.45) is 5.92 Å². The maximum Gasteiger partial charge on any atom is 0.321 e. The quantitative estimate of drug-likeness (QED) is 0.706. The summed E-state index contributed by atoms with van der Waals surface area (Å²) in [6.07, 6.45) is 4.68. The molecule has 0 spiro atoms. The van der Waals surface area contributed by atoms with Gasteiger partial charge in [-0.15, -0.1) is 0 Å². The van der Waals surface area contributed by atoms with Crippen LogP contribution in [0.1, 0.15) is 49.4 Å². The fourth-order valence-electron chi connectivity index (χ4n) is 3.78. The molecule has 2 aliphatic heterocycles. The lowest BCUT2D eigenvalue weighted by atomic mass is 9.95. The molecule has 152 valence electrons. The summed E-state index contributed by atoms with van der Waals surface area (Å²) >= 11 is 0.